The Morgan fingerprint density at radius 1 is 1.35 bits per heavy atom. The molecule has 0 aliphatic carbocycles. The predicted octanol–water partition coefficient (Wildman–Crippen LogP) is 1.05. The van der Waals surface area contributed by atoms with E-state index in [1.54, 1.807) is 19.2 Å². The highest BCUT2D eigenvalue weighted by Crippen LogP contribution is 2.13. The molecule has 1 atom stereocenters. The molecular weight excluding hydrogens is 224 g/mol. The highest BCUT2D eigenvalue weighted by atomic mass is 16.5. The number of ether oxygens (including phenoxy) is 2. The summed E-state index contributed by atoms with van der Waals surface area (Å²) in [5.74, 6) is -0.557. The first-order chi connectivity index (χ1) is 7.95. The van der Waals surface area contributed by atoms with Gasteiger partial charge in [0.15, 0.2) is 5.60 Å². The summed E-state index contributed by atoms with van der Waals surface area (Å²) in [5.41, 5.74) is -0.973. The third-order valence-electron chi connectivity index (χ3n) is 2.27. The molecule has 0 heterocycles. The first-order valence-electron chi connectivity index (χ1n) is 5.12. The van der Waals surface area contributed by atoms with Gasteiger partial charge in [0.2, 0.25) is 0 Å². The minimum absolute atomic E-state index is 0.243. The second kappa shape index (κ2) is 5.65. The third-order valence-corrected chi connectivity index (χ3v) is 2.27. The molecule has 1 rings (SSSR count). The minimum Gasteiger partial charge on any atom is -0.497 e. The highest BCUT2D eigenvalue weighted by Gasteiger charge is 2.29. The quantitative estimate of drug-likeness (QED) is 0.777. The first kappa shape index (κ1) is 13.5. The smallest absolute Gasteiger partial charge is 0.337 e. The molecule has 0 saturated carbocycles. The fraction of sp³-hybridized carbons (Fsp3) is 0.417. The van der Waals surface area contributed by atoms with Crippen LogP contribution in [-0.2, 0) is 16.1 Å². The molecule has 1 aromatic rings. The molecule has 0 aromatic heterocycles. The Morgan fingerprint density at radius 2 is 1.94 bits per heavy atom. The van der Waals surface area contributed by atoms with E-state index in [4.69, 9.17) is 14.6 Å². The van der Waals surface area contributed by atoms with Crippen molar-refractivity contribution in [3.05, 3.63) is 29.8 Å². The van der Waals surface area contributed by atoms with Gasteiger partial charge in [-0.2, -0.15) is 0 Å². The Hall–Kier alpha value is -1.59. The van der Waals surface area contributed by atoms with E-state index < -0.39 is 11.6 Å². The maximum atomic E-state index is 10.6. The maximum absolute atomic E-state index is 10.6. The van der Waals surface area contributed by atoms with Crippen LogP contribution in [0, 0.1) is 0 Å². The molecule has 17 heavy (non-hydrogen) atoms. The molecule has 1 unspecified atom stereocenters. The monoisotopic (exact) mass is 240 g/mol. The molecule has 0 bridgehead atoms. The molecular formula is C12H16O5. The number of carbonyl (C=O) groups is 1. The summed E-state index contributed by atoms with van der Waals surface area (Å²) in [5, 5.41) is 18.1. The van der Waals surface area contributed by atoms with Gasteiger partial charge in [-0.15, -0.1) is 0 Å². The van der Waals surface area contributed by atoms with Crippen molar-refractivity contribution in [2.45, 2.75) is 19.1 Å². The molecule has 0 fully saturated rings. The van der Waals surface area contributed by atoms with E-state index in [1.807, 2.05) is 12.1 Å². The molecule has 0 saturated heterocycles. The summed E-state index contributed by atoms with van der Waals surface area (Å²) < 4.78 is 10.1. The molecule has 5 heteroatoms. The predicted molar refractivity (Wildman–Crippen MR) is 60.9 cm³/mol. The fourth-order valence-electron chi connectivity index (χ4n) is 1.15. The Kier molecular flexibility index (Phi) is 4.48. The Labute approximate surface area is 99.6 Å². The summed E-state index contributed by atoms with van der Waals surface area (Å²) in [7, 11) is 1.58. The van der Waals surface area contributed by atoms with E-state index in [-0.39, 0.29) is 13.2 Å². The van der Waals surface area contributed by atoms with Gasteiger partial charge in [0.1, 0.15) is 5.75 Å². The van der Waals surface area contributed by atoms with Crippen molar-refractivity contribution in [2.75, 3.05) is 13.7 Å². The average Bonchev–Trinajstić information content (AvgIpc) is 2.29. The molecule has 1 aromatic carbocycles. The number of hydrogen-bond acceptors (Lipinski definition) is 4. The van der Waals surface area contributed by atoms with Crippen molar-refractivity contribution in [3.8, 4) is 5.75 Å². The van der Waals surface area contributed by atoms with Crippen LogP contribution in [0.25, 0.3) is 0 Å². The number of benzene rings is 1. The normalized spacial score (nSPS) is 14.1. The van der Waals surface area contributed by atoms with Gasteiger partial charge in [0.25, 0.3) is 0 Å². The standard InChI is InChI=1S/C12H16O5/c1-12(15,11(13)14)8-17-7-9-3-5-10(16-2)6-4-9/h3-6,15H,7-8H2,1-2H3,(H,13,14). The number of aliphatic carboxylic acids is 1. The number of rotatable bonds is 6. The molecule has 94 valence electrons. The van der Waals surface area contributed by atoms with E-state index in [9.17, 15) is 9.90 Å². The van der Waals surface area contributed by atoms with Gasteiger partial charge in [-0.3, -0.25) is 0 Å². The second-order valence-electron chi connectivity index (χ2n) is 3.92. The molecule has 0 aliphatic rings. The maximum Gasteiger partial charge on any atom is 0.337 e. The van der Waals surface area contributed by atoms with E-state index in [1.165, 1.54) is 6.92 Å². The fourth-order valence-corrected chi connectivity index (χ4v) is 1.15. The minimum atomic E-state index is -1.85. The zero-order valence-electron chi connectivity index (χ0n) is 9.84. The van der Waals surface area contributed by atoms with Crippen molar-refractivity contribution in [1.29, 1.82) is 0 Å². The van der Waals surface area contributed by atoms with Crippen molar-refractivity contribution < 1.29 is 24.5 Å². The number of hydrogen-bond donors (Lipinski definition) is 2. The lowest BCUT2D eigenvalue weighted by molar-refractivity contribution is -0.163. The third kappa shape index (κ3) is 4.05. The van der Waals surface area contributed by atoms with Gasteiger partial charge in [-0.25, -0.2) is 4.79 Å². The van der Waals surface area contributed by atoms with Gasteiger partial charge < -0.3 is 19.7 Å². The van der Waals surface area contributed by atoms with E-state index >= 15 is 0 Å². The van der Waals surface area contributed by atoms with Crippen LogP contribution < -0.4 is 4.74 Å². The second-order valence-corrected chi connectivity index (χ2v) is 3.92. The first-order valence-corrected chi connectivity index (χ1v) is 5.12. The molecule has 2 N–H and O–H groups in total. The Bertz CT molecular complexity index is 369. The van der Waals surface area contributed by atoms with Crippen LogP contribution in [-0.4, -0.2) is 35.5 Å². The number of aliphatic hydroxyl groups is 1. The van der Waals surface area contributed by atoms with Crippen LogP contribution in [0.1, 0.15) is 12.5 Å². The zero-order chi connectivity index (χ0) is 12.9. The van der Waals surface area contributed by atoms with Gasteiger partial charge in [0, 0.05) is 0 Å². The topological polar surface area (TPSA) is 76.0 Å². The van der Waals surface area contributed by atoms with Gasteiger partial charge in [-0.05, 0) is 24.6 Å². The summed E-state index contributed by atoms with van der Waals surface area (Å²) in [6.45, 7) is 1.19. The summed E-state index contributed by atoms with van der Waals surface area (Å²) in [4.78, 5) is 10.6. The van der Waals surface area contributed by atoms with E-state index in [2.05, 4.69) is 0 Å². The summed E-state index contributed by atoms with van der Waals surface area (Å²) >= 11 is 0. The van der Waals surface area contributed by atoms with Gasteiger partial charge in [0.05, 0.1) is 20.3 Å². The van der Waals surface area contributed by atoms with Crippen LogP contribution in [0.15, 0.2) is 24.3 Å². The van der Waals surface area contributed by atoms with Crippen LogP contribution in [0.3, 0.4) is 0 Å². The van der Waals surface area contributed by atoms with E-state index in [0.717, 1.165) is 11.3 Å². The van der Waals surface area contributed by atoms with Crippen LogP contribution in [0.4, 0.5) is 0 Å². The van der Waals surface area contributed by atoms with Crippen molar-refractivity contribution >= 4 is 5.97 Å². The molecule has 0 spiro atoms. The average molecular weight is 240 g/mol. The highest BCUT2D eigenvalue weighted by molar-refractivity contribution is 5.76. The lowest BCUT2D eigenvalue weighted by atomic mass is 10.1. The summed E-state index contributed by atoms with van der Waals surface area (Å²) in [6.07, 6.45) is 0. The van der Waals surface area contributed by atoms with E-state index in [0.29, 0.717) is 0 Å². The molecule has 5 nitrogen and oxygen atoms in total. The molecule has 0 aliphatic heterocycles. The number of carboxylic acid groups (broad SMARTS) is 1. The van der Waals surface area contributed by atoms with Crippen LogP contribution >= 0.6 is 0 Å². The largest absolute Gasteiger partial charge is 0.497 e. The molecule has 0 radical (unpaired) electrons. The van der Waals surface area contributed by atoms with Crippen LogP contribution in [0.2, 0.25) is 0 Å². The zero-order valence-corrected chi connectivity index (χ0v) is 9.84. The molecule has 0 amide bonds. The Balaban J connectivity index is 2.43. The van der Waals surface area contributed by atoms with Gasteiger partial charge in [-0.1, -0.05) is 12.1 Å². The lowest BCUT2D eigenvalue weighted by Crippen LogP contribution is -2.39. The Morgan fingerprint density at radius 3 is 2.41 bits per heavy atom. The van der Waals surface area contributed by atoms with Crippen molar-refractivity contribution in [3.63, 3.8) is 0 Å². The SMILES string of the molecule is COc1ccc(COCC(C)(O)C(=O)O)cc1. The number of methoxy groups -OCH3 is 1. The number of carboxylic acids is 1. The van der Waals surface area contributed by atoms with Gasteiger partial charge >= 0.3 is 5.97 Å². The lowest BCUT2D eigenvalue weighted by Gasteiger charge is -2.17. The van der Waals surface area contributed by atoms with Crippen molar-refractivity contribution in [2.24, 2.45) is 0 Å². The summed E-state index contributed by atoms with van der Waals surface area (Å²) in [6, 6.07) is 7.20. The van der Waals surface area contributed by atoms with Crippen LogP contribution in [0.5, 0.6) is 5.75 Å². The van der Waals surface area contributed by atoms with Crippen molar-refractivity contribution in [1.82, 2.24) is 0 Å².